The summed E-state index contributed by atoms with van der Waals surface area (Å²) < 4.78 is 15.2. The molecule has 166 valence electrons. The SMILES string of the molecule is CCOC(=O)c1c(NC(=O)COC(=O)C(C)NC(=O)C(C)(C)C)oc(C)c1C(C)=O. The molecule has 30 heavy (non-hydrogen) atoms. The van der Waals surface area contributed by atoms with Crippen LogP contribution in [0.3, 0.4) is 0 Å². The van der Waals surface area contributed by atoms with Crippen LogP contribution in [-0.2, 0) is 23.9 Å². The van der Waals surface area contributed by atoms with Crippen molar-refractivity contribution in [1.29, 1.82) is 0 Å². The second-order valence-corrected chi connectivity index (χ2v) is 7.62. The van der Waals surface area contributed by atoms with Gasteiger partial charge in [-0.1, -0.05) is 20.8 Å². The maximum absolute atomic E-state index is 12.2. The van der Waals surface area contributed by atoms with E-state index < -0.39 is 41.7 Å². The maximum Gasteiger partial charge on any atom is 0.344 e. The monoisotopic (exact) mass is 424 g/mol. The molecule has 10 nitrogen and oxygen atoms in total. The fourth-order valence-corrected chi connectivity index (χ4v) is 2.35. The van der Waals surface area contributed by atoms with Gasteiger partial charge in [-0.05, 0) is 27.7 Å². The Labute approximate surface area is 174 Å². The minimum atomic E-state index is -0.963. The van der Waals surface area contributed by atoms with Gasteiger partial charge in [0.2, 0.25) is 11.8 Å². The van der Waals surface area contributed by atoms with Gasteiger partial charge in [-0.3, -0.25) is 19.7 Å². The molecule has 1 aromatic rings. The van der Waals surface area contributed by atoms with Crippen molar-refractivity contribution in [3.63, 3.8) is 0 Å². The summed E-state index contributed by atoms with van der Waals surface area (Å²) in [6.07, 6.45) is 0. The normalized spacial score (nSPS) is 12.0. The van der Waals surface area contributed by atoms with Crippen LogP contribution in [-0.4, -0.2) is 48.8 Å². The van der Waals surface area contributed by atoms with Gasteiger partial charge in [0.1, 0.15) is 17.4 Å². The number of carbonyl (C=O) groups excluding carboxylic acids is 5. The van der Waals surface area contributed by atoms with Crippen molar-refractivity contribution in [1.82, 2.24) is 5.32 Å². The highest BCUT2D eigenvalue weighted by Gasteiger charge is 2.29. The predicted octanol–water partition coefficient (Wildman–Crippen LogP) is 2.00. The zero-order valence-corrected chi connectivity index (χ0v) is 18.3. The summed E-state index contributed by atoms with van der Waals surface area (Å²) in [5, 5.41) is 4.79. The zero-order valence-electron chi connectivity index (χ0n) is 18.3. The first-order valence-corrected chi connectivity index (χ1v) is 9.38. The number of furan rings is 1. The standard InChI is InChI=1S/C20H28N2O8/c1-8-28-18(26)15-14(11(3)23)12(4)30-16(15)22-13(24)9-29-17(25)10(2)21-19(27)20(5,6)7/h10H,8-9H2,1-7H3,(H,21,27)(H,22,24). The van der Waals surface area contributed by atoms with Crippen LogP contribution in [0, 0.1) is 12.3 Å². The number of nitrogens with one attached hydrogen (secondary N) is 2. The van der Waals surface area contributed by atoms with Crippen molar-refractivity contribution in [2.75, 3.05) is 18.5 Å². The Morgan fingerprint density at radius 2 is 1.67 bits per heavy atom. The van der Waals surface area contributed by atoms with Gasteiger partial charge in [0, 0.05) is 5.41 Å². The van der Waals surface area contributed by atoms with Crippen LogP contribution < -0.4 is 10.6 Å². The molecule has 0 bridgehead atoms. The summed E-state index contributed by atoms with van der Waals surface area (Å²) >= 11 is 0. The number of carbonyl (C=O) groups is 5. The smallest absolute Gasteiger partial charge is 0.344 e. The molecule has 0 spiro atoms. The van der Waals surface area contributed by atoms with Gasteiger partial charge in [0.15, 0.2) is 12.4 Å². The minimum Gasteiger partial charge on any atom is -0.462 e. The van der Waals surface area contributed by atoms with Gasteiger partial charge in [-0.25, -0.2) is 9.59 Å². The number of anilines is 1. The van der Waals surface area contributed by atoms with Gasteiger partial charge >= 0.3 is 11.9 Å². The van der Waals surface area contributed by atoms with Crippen LogP contribution in [0.4, 0.5) is 5.88 Å². The molecule has 2 amide bonds. The summed E-state index contributed by atoms with van der Waals surface area (Å²) in [5.74, 6) is -3.36. The van der Waals surface area contributed by atoms with Gasteiger partial charge in [0.05, 0.1) is 12.2 Å². The average molecular weight is 424 g/mol. The van der Waals surface area contributed by atoms with E-state index in [0.717, 1.165) is 0 Å². The summed E-state index contributed by atoms with van der Waals surface area (Å²) in [6, 6.07) is -0.963. The summed E-state index contributed by atoms with van der Waals surface area (Å²) in [7, 11) is 0. The summed E-state index contributed by atoms with van der Waals surface area (Å²) in [6.45, 7) is 10.2. The molecule has 1 heterocycles. The van der Waals surface area contributed by atoms with Crippen molar-refractivity contribution >= 4 is 35.4 Å². The second kappa shape index (κ2) is 10.0. The lowest BCUT2D eigenvalue weighted by atomic mass is 9.95. The van der Waals surface area contributed by atoms with E-state index in [0.29, 0.717) is 0 Å². The number of ketones is 1. The first kappa shape index (κ1) is 24.9. The topological polar surface area (TPSA) is 141 Å². The highest BCUT2D eigenvalue weighted by atomic mass is 16.5. The molecule has 0 aliphatic carbocycles. The van der Waals surface area contributed by atoms with E-state index in [4.69, 9.17) is 13.9 Å². The van der Waals surface area contributed by atoms with Crippen LogP contribution >= 0.6 is 0 Å². The molecule has 0 aliphatic heterocycles. The van der Waals surface area contributed by atoms with Crippen LogP contribution in [0.15, 0.2) is 4.42 Å². The van der Waals surface area contributed by atoms with Gasteiger partial charge in [0.25, 0.3) is 5.91 Å². The molecule has 10 heteroatoms. The lowest BCUT2D eigenvalue weighted by Gasteiger charge is -2.20. The molecule has 2 N–H and O–H groups in total. The third-order valence-electron chi connectivity index (χ3n) is 3.90. The highest BCUT2D eigenvalue weighted by molar-refractivity contribution is 6.10. The molecular weight excluding hydrogens is 396 g/mol. The average Bonchev–Trinajstić information content (AvgIpc) is 2.94. The number of aryl methyl sites for hydroxylation is 1. The van der Waals surface area contributed by atoms with Gasteiger partial charge in [-0.15, -0.1) is 0 Å². The predicted molar refractivity (Wildman–Crippen MR) is 106 cm³/mol. The molecule has 0 aromatic carbocycles. The number of rotatable bonds is 8. The Bertz CT molecular complexity index is 848. The Morgan fingerprint density at radius 1 is 1.07 bits per heavy atom. The molecule has 1 atom stereocenters. The zero-order chi connectivity index (χ0) is 23.2. The number of hydrogen-bond donors (Lipinski definition) is 2. The Kier molecular flexibility index (Phi) is 8.32. The molecular formula is C20H28N2O8. The number of esters is 2. The Balaban J connectivity index is 2.83. The highest BCUT2D eigenvalue weighted by Crippen LogP contribution is 2.28. The van der Waals surface area contributed by atoms with E-state index in [1.165, 1.54) is 20.8 Å². The molecule has 0 fully saturated rings. The van der Waals surface area contributed by atoms with Crippen LogP contribution in [0.25, 0.3) is 0 Å². The molecule has 0 radical (unpaired) electrons. The van der Waals surface area contributed by atoms with E-state index in [9.17, 15) is 24.0 Å². The van der Waals surface area contributed by atoms with Crippen LogP contribution in [0.2, 0.25) is 0 Å². The van der Waals surface area contributed by atoms with Crippen LogP contribution in [0.5, 0.6) is 0 Å². The van der Waals surface area contributed by atoms with Crippen molar-refractivity contribution < 1.29 is 37.9 Å². The molecule has 0 aliphatic rings. The molecule has 1 aromatic heterocycles. The van der Waals surface area contributed by atoms with E-state index in [-0.39, 0.29) is 35.3 Å². The number of Topliss-reactive ketones (excluding diaryl/α,β-unsaturated/α-hetero) is 1. The maximum atomic E-state index is 12.2. The number of amides is 2. The fraction of sp³-hybridized carbons (Fsp3) is 0.550. The van der Waals surface area contributed by atoms with Gasteiger partial charge < -0.3 is 19.2 Å². The molecule has 1 unspecified atom stereocenters. The third kappa shape index (κ3) is 6.43. The Morgan fingerprint density at radius 3 is 2.17 bits per heavy atom. The van der Waals surface area contributed by atoms with Crippen molar-refractivity contribution in [3.05, 3.63) is 16.9 Å². The lowest BCUT2D eigenvalue weighted by molar-refractivity contribution is -0.150. The van der Waals surface area contributed by atoms with E-state index in [1.54, 1.807) is 27.7 Å². The van der Waals surface area contributed by atoms with E-state index in [2.05, 4.69) is 10.6 Å². The Hall–Kier alpha value is -3.17. The molecule has 1 rings (SSSR count). The van der Waals surface area contributed by atoms with Crippen LogP contribution in [0.1, 0.15) is 68.0 Å². The summed E-state index contributed by atoms with van der Waals surface area (Å²) in [5.41, 5.74) is -0.896. The van der Waals surface area contributed by atoms with E-state index in [1.807, 2.05) is 0 Å². The first-order chi connectivity index (χ1) is 13.8. The lowest BCUT2D eigenvalue weighted by Crippen LogP contribution is -2.45. The van der Waals surface area contributed by atoms with E-state index >= 15 is 0 Å². The number of ether oxygens (including phenoxy) is 2. The first-order valence-electron chi connectivity index (χ1n) is 9.38. The second-order valence-electron chi connectivity index (χ2n) is 7.62. The quantitative estimate of drug-likeness (QED) is 0.477. The number of hydrogen-bond acceptors (Lipinski definition) is 8. The van der Waals surface area contributed by atoms with Crippen molar-refractivity contribution in [3.8, 4) is 0 Å². The van der Waals surface area contributed by atoms with Crippen molar-refractivity contribution in [2.45, 2.75) is 54.5 Å². The fourth-order valence-electron chi connectivity index (χ4n) is 2.35. The van der Waals surface area contributed by atoms with Gasteiger partial charge in [-0.2, -0.15) is 0 Å². The minimum absolute atomic E-state index is 0.000686. The molecule has 0 saturated heterocycles. The molecule has 0 saturated carbocycles. The largest absolute Gasteiger partial charge is 0.462 e. The summed E-state index contributed by atoms with van der Waals surface area (Å²) in [4.78, 5) is 60.2. The van der Waals surface area contributed by atoms with Crippen molar-refractivity contribution in [2.24, 2.45) is 5.41 Å². The third-order valence-corrected chi connectivity index (χ3v) is 3.90.